The van der Waals surface area contributed by atoms with Crippen molar-refractivity contribution in [2.24, 2.45) is 5.73 Å². The van der Waals surface area contributed by atoms with Crippen molar-refractivity contribution in [3.63, 3.8) is 0 Å². The fraction of sp³-hybridized carbons (Fsp3) is 0.471. The van der Waals surface area contributed by atoms with Crippen LogP contribution in [0.15, 0.2) is 18.2 Å². The van der Waals surface area contributed by atoms with Gasteiger partial charge in [0.15, 0.2) is 0 Å². The monoisotopic (exact) mass is 269 g/mol. The molecule has 0 bridgehead atoms. The van der Waals surface area contributed by atoms with Crippen LogP contribution in [0.25, 0.3) is 11.1 Å². The second-order valence-electron chi connectivity index (χ2n) is 5.79. The number of aromatic nitrogens is 2. The first-order valence-electron chi connectivity index (χ1n) is 7.55. The number of benzene rings is 1. The van der Waals surface area contributed by atoms with E-state index in [1.54, 1.807) is 0 Å². The minimum Gasteiger partial charge on any atom is -0.324 e. The zero-order chi connectivity index (χ0) is 14.3. The maximum absolute atomic E-state index is 6.20. The molecule has 0 spiro atoms. The minimum atomic E-state index is 0.205. The molecule has 1 aromatic carbocycles. The predicted molar refractivity (Wildman–Crippen MR) is 82.7 cm³/mol. The Kier molecular flexibility index (Phi) is 3.38. The van der Waals surface area contributed by atoms with Crippen LogP contribution in [0.2, 0.25) is 0 Å². The van der Waals surface area contributed by atoms with E-state index in [0.29, 0.717) is 0 Å². The van der Waals surface area contributed by atoms with Gasteiger partial charge in [0, 0.05) is 23.8 Å². The zero-order valence-electron chi connectivity index (χ0n) is 12.6. The van der Waals surface area contributed by atoms with Gasteiger partial charge in [-0.25, -0.2) is 0 Å². The molecule has 1 atom stereocenters. The van der Waals surface area contributed by atoms with Crippen LogP contribution in [0.3, 0.4) is 0 Å². The number of nitrogens with two attached hydrogens (primary N) is 1. The molecule has 2 N–H and O–H groups in total. The van der Waals surface area contributed by atoms with Gasteiger partial charge < -0.3 is 5.73 Å². The number of aryl methyl sites for hydroxylation is 2. The van der Waals surface area contributed by atoms with Crippen molar-refractivity contribution < 1.29 is 0 Å². The van der Waals surface area contributed by atoms with E-state index in [4.69, 9.17) is 10.8 Å². The van der Waals surface area contributed by atoms with Gasteiger partial charge in [0.1, 0.15) is 0 Å². The first-order valence-corrected chi connectivity index (χ1v) is 7.55. The molecule has 0 fully saturated rings. The van der Waals surface area contributed by atoms with Gasteiger partial charge in [-0.05, 0) is 49.8 Å². The largest absolute Gasteiger partial charge is 0.324 e. The molecule has 3 rings (SSSR count). The van der Waals surface area contributed by atoms with E-state index in [9.17, 15) is 0 Å². The van der Waals surface area contributed by atoms with Gasteiger partial charge in [0.05, 0.1) is 5.69 Å². The van der Waals surface area contributed by atoms with Crippen LogP contribution in [0.4, 0.5) is 0 Å². The third kappa shape index (κ3) is 1.97. The standard InChI is InChI=1S/C17H23N3/c1-4-10-20-12(3)17(11(2)19-20)15-7-5-6-14-13(15)8-9-16(14)18/h5-7,16H,4,8-10,18H2,1-3H3. The molecule has 2 aromatic rings. The molecule has 0 aliphatic heterocycles. The van der Waals surface area contributed by atoms with Crippen molar-refractivity contribution in [3.05, 3.63) is 40.7 Å². The van der Waals surface area contributed by atoms with Crippen molar-refractivity contribution in [3.8, 4) is 11.1 Å². The second-order valence-corrected chi connectivity index (χ2v) is 5.79. The van der Waals surface area contributed by atoms with Gasteiger partial charge in [-0.2, -0.15) is 5.10 Å². The molecule has 1 aliphatic rings. The van der Waals surface area contributed by atoms with E-state index < -0.39 is 0 Å². The summed E-state index contributed by atoms with van der Waals surface area (Å²) in [7, 11) is 0. The Morgan fingerprint density at radius 3 is 2.90 bits per heavy atom. The normalized spacial score (nSPS) is 17.5. The maximum Gasteiger partial charge on any atom is 0.0675 e. The average Bonchev–Trinajstić information content (AvgIpc) is 2.93. The van der Waals surface area contributed by atoms with Crippen LogP contribution in [-0.4, -0.2) is 9.78 Å². The molecule has 1 aromatic heterocycles. The molecular formula is C17H23N3. The Morgan fingerprint density at radius 1 is 1.35 bits per heavy atom. The molecule has 1 heterocycles. The maximum atomic E-state index is 6.20. The van der Waals surface area contributed by atoms with E-state index in [1.807, 2.05) is 0 Å². The van der Waals surface area contributed by atoms with Gasteiger partial charge >= 0.3 is 0 Å². The quantitative estimate of drug-likeness (QED) is 0.926. The number of nitrogens with zero attached hydrogens (tertiary/aromatic N) is 2. The molecular weight excluding hydrogens is 246 g/mol. The summed E-state index contributed by atoms with van der Waals surface area (Å²) in [5.74, 6) is 0. The molecule has 0 amide bonds. The lowest BCUT2D eigenvalue weighted by molar-refractivity contribution is 0.583. The molecule has 0 radical (unpaired) electrons. The first kappa shape index (κ1) is 13.4. The van der Waals surface area contributed by atoms with Crippen LogP contribution in [0.1, 0.15) is 48.3 Å². The molecule has 1 aliphatic carbocycles. The van der Waals surface area contributed by atoms with Crippen molar-refractivity contribution in [1.82, 2.24) is 9.78 Å². The topological polar surface area (TPSA) is 43.8 Å². The Morgan fingerprint density at radius 2 is 2.15 bits per heavy atom. The summed E-state index contributed by atoms with van der Waals surface area (Å²) in [4.78, 5) is 0. The van der Waals surface area contributed by atoms with Crippen LogP contribution < -0.4 is 5.73 Å². The number of hydrogen-bond acceptors (Lipinski definition) is 2. The summed E-state index contributed by atoms with van der Waals surface area (Å²) in [6.07, 6.45) is 3.26. The molecule has 0 saturated heterocycles. The fourth-order valence-corrected chi connectivity index (χ4v) is 3.44. The lowest BCUT2D eigenvalue weighted by atomic mass is 9.95. The van der Waals surface area contributed by atoms with E-state index in [2.05, 4.69) is 43.7 Å². The summed E-state index contributed by atoms with van der Waals surface area (Å²) in [6.45, 7) is 7.47. The smallest absolute Gasteiger partial charge is 0.0675 e. The molecule has 1 unspecified atom stereocenters. The van der Waals surface area contributed by atoms with Crippen LogP contribution >= 0.6 is 0 Å². The lowest BCUT2D eigenvalue weighted by Gasteiger charge is -2.11. The highest BCUT2D eigenvalue weighted by Gasteiger charge is 2.24. The van der Waals surface area contributed by atoms with Gasteiger partial charge in [-0.1, -0.05) is 25.1 Å². The van der Waals surface area contributed by atoms with Crippen LogP contribution in [-0.2, 0) is 13.0 Å². The summed E-state index contributed by atoms with van der Waals surface area (Å²) in [5, 5.41) is 4.71. The Hall–Kier alpha value is -1.61. The first-order chi connectivity index (χ1) is 9.63. The Bertz CT molecular complexity index is 640. The number of rotatable bonds is 3. The van der Waals surface area contributed by atoms with Gasteiger partial charge in [-0.15, -0.1) is 0 Å². The van der Waals surface area contributed by atoms with E-state index in [1.165, 1.54) is 27.9 Å². The summed E-state index contributed by atoms with van der Waals surface area (Å²) in [6, 6.07) is 6.74. The molecule has 20 heavy (non-hydrogen) atoms. The summed E-state index contributed by atoms with van der Waals surface area (Å²) < 4.78 is 2.14. The third-order valence-electron chi connectivity index (χ3n) is 4.40. The van der Waals surface area contributed by atoms with Crippen LogP contribution in [0, 0.1) is 13.8 Å². The van der Waals surface area contributed by atoms with Crippen molar-refractivity contribution in [2.75, 3.05) is 0 Å². The average molecular weight is 269 g/mol. The Labute approximate surface area is 120 Å². The van der Waals surface area contributed by atoms with Gasteiger partial charge in [0.25, 0.3) is 0 Å². The van der Waals surface area contributed by atoms with Gasteiger partial charge in [-0.3, -0.25) is 4.68 Å². The van der Waals surface area contributed by atoms with E-state index in [0.717, 1.165) is 31.5 Å². The number of hydrogen-bond donors (Lipinski definition) is 1. The van der Waals surface area contributed by atoms with Gasteiger partial charge in [0.2, 0.25) is 0 Å². The highest BCUT2D eigenvalue weighted by molar-refractivity contribution is 5.73. The van der Waals surface area contributed by atoms with Crippen molar-refractivity contribution in [1.29, 1.82) is 0 Å². The van der Waals surface area contributed by atoms with Crippen molar-refractivity contribution in [2.45, 2.75) is 52.6 Å². The molecule has 3 heteroatoms. The fourth-order valence-electron chi connectivity index (χ4n) is 3.44. The van der Waals surface area contributed by atoms with Crippen molar-refractivity contribution >= 4 is 0 Å². The molecule has 0 saturated carbocycles. The highest BCUT2D eigenvalue weighted by Crippen LogP contribution is 2.38. The highest BCUT2D eigenvalue weighted by atomic mass is 15.3. The summed E-state index contributed by atoms with van der Waals surface area (Å²) in [5.41, 5.74) is 14.0. The van der Waals surface area contributed by atoms with E-state index in [-0.39, 0.29) is 6.04 Å². The SMILES string of the molecule is CCCn1nc(C)c(-c2cccc3c2CCC3N)c1C. The second kappa shape index (κ2) is 5.06. The molecule has 3 nitrogen and oxygen atoms in total. The summed E-state index contributed by atoms with van der Waals surface area (Å²) >= 11 is 0. The number of fused-ring (bicyclic) bond motifs is 1. The lowest BCUT2D eigenvalue weighted by Crippen LogP contribution is -2.05. The zero-order valence-corrected chi connectivity index (χ0v) is 12.6. The third-order valence-corrected chi connectivity index (χ3v) is 4.40. The Balaban J connectivity index is 2.15. The van der Waals surface area contributed by atoms with E-state index >= 15 is 0 Å². The predicted octanol–water partition coefficient (Wildman–Crippen LogP) is 3.52. The molecule has 106 valence electrons. The minimum absolute atomic E-state index is 0.205. The van der Waals surface area contributed by atoms with Crippen LogP contribution in [0.5, 0.6) is 0 Å².